The second kappa shape index (κ2) is 10.7. The molecule has 0 spiro atoms. The molecule has 4 rings (SSSR count). The zero-order valence-corrected chi connectivity index (χ0v) is 18.4. The number of aliphatic hydroxyl groups is 1. The largest absolute Gasteiger partial charge is 0.393 e. The van der Waals surface area contributed by atoms with E-state index in [0.717, 1.165) is 82.9 Å². The topological polar surface area (TPSA) is 90.5 Å². The molecule has 0 radical (unpaired) electrons. The number of anilines is 2. The van der Waals surface area contributed by atoms with Gasteiger partial charge in [-0.2, -0.15) is 4.98 Å². The predicted octanol–water partition coefficient (Wildman–Crippen LogP) is 2.75. The van der Waals surface area contributed by atoms with Crippen LogP contribution in [0.2, 0.25) is 0 Å². The van der Waals surface area contributed by atoms with Crippen LogP contribution in [0, 0.1) is 0 Å². The summed E-state index contributed by atoms with van der Waals surface area (Å²) in [5.74, 6) is 1.82. The van der Waals surface area contributed by atoms with E-state index in [1.807, 2.05) is 6.20 Å². The first-order valence-electron chi connectivity index (χ1n) is 12.2. The normalized spacial score (nSPS) is 30.9. The summed E-state index contributed by atoms with van der Waals surface area (Å²) in [5.41, 5.74) is 5.86. The Balaban J connectivity index is 1.42. The molecule has 0 amide bonds. The molecule has 1 aromatic heterocycles. The van der Waals surface area contributed by atoms with E-state index in [9.17, 15) is 5.11 Å². The zero-order chi connectivity index (χ0) is 20.8. The van der Waals surface area contributed by atoms with Crippen molar-refractivity contribution in [1.29, 1.82) is 0 Å². The lowest BCUT2D eigenvalue weighted by Crippen LogP contribution is -2.46. The number of likely N-dealkylation sites (tertiary alicyclic amines) is 1. The third kappa shape index (κ3) is 5.42. The van der Waals surface area contributed by atoms with E-state index >= 15 is 0 Å². The molecule has 3 heterocycles. The van der Waals surface area contributed by atoms with Crippen molar-refractivity contribution in [3.05, 3.63) is 12.3 Å². The molecular formula is C23H40N6O. The van der Waals surface area contributed by atoms with E-state index in [1.165, 1.54) is 25.7 Å². The van der Waals surface area contributed by atoms with Crippen LogP contribution in [0.4, 0.5) is 11.8 Å². The van der Waals surface area contributed by atoms with E-state index in [-0.39, 0.29) is 6.10 Å². The maximum atomic E-state index is 9.91. The van der Waals surface area contributed by atoms with Crippen molar-refractivity contribution in [3.63, 3.8) is 0 Å². The van der Waals surface area contributed by atoms with Crippen LogP contribution >= 0.6 is 0 Å². The summed E-state index contributed by atoms with van der Waals surface area (Å²) >= 11 is 0. The molecule has 2 saturated heterocycles. The SMILES string of the molecule is NCCC[C@@H]1[C@H](Nc2nccc(N3CCCCCC3)n2)CCN1C1CCC(O)CC1. The predicted molar refractivity (Wildman–Crippen MR) is 122 cm³/mol. The minimum atomic E-state index is -0.101. The average Bonchev–Trinajstić information content (AvgIpc) is 2.97. The van der Waals surface area contributed by atoms with Gasteiger partial charge in [-0.3, -0.25) is 4.90 Å². The molecule has 7 nitrogen and oxygen atoms in total. The minimum Gasteiger partial charge on any atom is -0.393 e. The van der Waals surface area contributed by atoms with Crippen molar-refractivity contribution in [1.82, 2.24) is 14.9 Å². The van der Waals surface area contributed by atoms with Gasteiger partial charge in [0.2, 0.25) is 5.95 Å². The van der Waals surface area contributed by atoms with Gasteiger partial charge in [0.1, 0.15) is 5.82 Å². The Bertz CT molecular complexity index is 642. The Kier molecular flexibility index (Phi) is 7.79. The summed E-state index contributed by atoms with van der Waals surface area (Å²) in [4.78, 5) is 14.6. The molecule has 7 heteroatoms. The maximum absolute atomic E-state index is 9.91. The summed E-state index contributed by atoms with van der Waals surface area (Å²) in [5, 5.41) is 13.6. The first-order chi connectivity index (χ1) is 14.7. The summed E-state index contributed by atoms with van der Waals surface area (Å²) in [6.45, 7) is 4.04. The highest BCUT2D eigenvalue weighted by Gasteiger charge is 2.39. The fourth-order valence-corrected chi connectivity index (χ4v) is 5.64. The molecule has 1 aromatic rings. The summed E-state index contributed by atoms with van der Waals surface area (Å²) in [6.07, 6.45) is 14.3. The van der Waals surface area contributed by atoms with Gasteiger partial charge in [0.15, 0.2) is 0 Å². The van der Waals surface area contributed by atoms with Crippen LogP contribution in [0.15, 0.2) is 12.3 Å². The van der Waals surface area contributed by atoms with Crippen LogP contribution in [0.3, 0.4) is 0 Å². The second-order valence-corrected chi connectivity index (χ2v) is 9.38. The van der Waals surface area contributed by atoms with Crippen LogP contribution in [0.25, 0.3) is 0 Å². The second-order valence-electron chi connectivity index (χ2n) is 9.38. The first-order valence-corrected chi connectivity index (χ1v) is 12.2. The standard InChI is InChI=1S/C23H40N6O/c24-13-5-6-21-20(12-17-29(21)18-7-9-19(30)10-8-18)26-23-25-14-11-22(27-23)28-15-3-1-2-4-16-28/h11,14,18-21,30H,1-10,12-13,15-17,24H2,(H,25,26,27)/t18?,19?,20-,21-/m1/s1. The Labute approximate surface area is 181 Å². The van der Waals surface area contributed by atoms with Crippen LogP contribution in [-0.2, 0) is 0 Å². The van der Waals surface area contributed by atoms with Gasteiger partial charge in [0.25, 0.3) is 0 Å². The molecule has 168 valence electrons. The lowest BCUT2D eigenvalue weighted by atomic mass is 9.91. The lowest BCUT2D eigenvalue weighted by Gasteiger charge is -2.38. The maximum Gasteiger partial charge on any atom is 0.224 e. The molecule has 1 aliphatic carbocycles. The van der Waals surface area contributed by atoms with Crippen molar-refractivity contribution < 1.29 is 5.11 Å². The van der Waals surface area contributed by atoms with Crippen molar-refractivity contribution in [2.75, 3.05) is 36.4 Å². The number of hydrogen-bond donors (Lipinski definition) is 3. The van der Waals surface area contributed by atoms with Gasteiger partial charge in [0.05, 0.1) is 6.10 Å². The molecule has 2 aliphatic heterocycles. The summed E-state index contributed by atoms with van der Waals surface area (Å²) < 4.78 is 0. The highest BCUT2D eigenvalue weighted by atomic mass is 16.3. The lowest BCUT2D eigenvalue weighted by molar-refractivity contribution is 0.0651. The minimum absolute atomic E-state index is 0.101. The Morgan fingerprint density at radius 1 is 1.03 bits per heavy atom. The number of hydrogen-bond acceptors (Lipinski definition) is 7. The van der Waals surface area contributed by atoms with Crippen molar-refractivity contribution in [2.45, 2.75) is 94.9 Å². The van der Waals surface area contributed by atoms with Gasteiger partial charge < -0.3 is 21.1 Å². The molecule has 0 unspecified atom stereocenters. The Morgan fingerprint density at radius 2 is 1.80 bits per heavy atom. The molecule has 30 heavy (non-hydrogen) atoms. The van der Waals surface area contributed by atoms with Crippen LogP contribution < -0.4 is 16.0 Å². The number of nitrogens with two attached hydrogens (primary N) is 1. The zero-order valence-electron chi connectivity index (χ0n) is 18.4. The Hall–Kier alpha value is -1.44. The number of aromatic nitrogens is 2. The molecule has 4 N–H and O–H groups in total. The molecule has 0 aromatic carbocycles. The Morgan fingerprint density at radius 3 is 2.53 bits per heavy atom. The van der Waals surface area contributed by atoms with Gasteiger partial charge in [-0.1, -0.05) is 12.8 Å². The third-order valence-electron chi connectivity index (χ3n) is 7.31. The fourth-order valence-electron chi connectivity index (χ4n) is 5.64. The van der Waals surface area contributed by atoms with Crippen LogP contribution in [-0.4, -0.2) is 70.4 Å². The van der Waals surface area contributed by atoms with Gasteiger partial charge >= 0.3 is 0 Å². The van der Waals surface area contributed by atoms with E-state index in [1.54, 1.807) is 0 Å². The third-order valence-corrected chi connectivity index (χ3v) is 7.31. The smallest absolute Gasteiger partial charge is 0.224 e. The number of nitrogens with one attached hydrogen (secondary N) is 1. The van der Waals surface area contributed by atoms with Crippen molar-refractivity contribution in [2.24, 2.45) is 5.73 Å². The first kappa shape index (κ1) is 21.8. The van der Waals surface area contributed by atoms with Crippen LogP contribution in [0.5, 0.6) is 0 Å². The molecular weight excluding hydrogens is 376 g/mol. The summed E-state index contributed by atoms with van der Waals surface area (Å²) in [7, 11) is 0. The quantitative estimate of drug-likeness (QED) is 0.629. The van der Waals surface area contributed by atoms with Crippen molar-refractivity contribution >= 4 is 11.8 Å². The summed E-state index contributed by atoms with van der Waals surface area (Å²) in [6, 6.07) is 3.48. The van der Waals surface area contributed by atoms with E-state index in [4.69, 9.17) is 10.7 Å². The van der Waals surface area contributed by atoms with Crippen LogP contribution in [0.1, 0.15) is 70.6 Å². The molecule has 2 atom stereocenters. The van der Waals surface area contributed by atoms with E-state index in [0.29, 0.717) is 18.1 Å². The fraction of sp³-hybridized carbons (Fsp3) is 0.826. The number of aliphatic hydroxyl groups excluding tert-OH is 1. The number of rotatable bonds is 7. The molecule has 0 bridgehead atoms. The highest BCUT2D eigenvalue weighted by Crippen LogP contribution is 2.32. The van der Waals surface area contributed by atoms with E-state index in [2.05, 4.69) is 26.2 Å². The van der Waals surface area contributed by atoms with Gasteiger partial charge in [-0.05, 0) is 70.4 Å². The van der Waals surface area contributed by atoms with Gasteiger partial charge in [0, 0.05) is 44.0 Å². The highest BCUT2D eigenvalue weighted by molar-refractivity contribution is 5.43. The molecule has 3 fully saturated rings. The molecule has 3 aliphatic rings. The monoisotopic (exact) mass is 416 g/mol. The van der Waals surface area contributed by atoms with Gasteiger partial charge in [-0.25, -0.2) is 4.98 Å². The van der Waals surface area contributed by atoms with Crippen molar-refractivity contribution in [3.8, 4) is 0 Å². The average molecular weight is 417 g/mol. The van der Waals surface area contributed by atoms with Gasteiger partial charge in [-0.15, -0.1) is 0 Å². The molecule has 1 saturated carbocycles. The van der Waals surface area contributed by atoms with E-state index < -0.39 is 0 Å². The number of nitrogens with zero attached hydrogens (tertiary/aromatic N) is 4.